The van der Waals surface area contributed by atoms with Gasteiger partial charge in [0.15, 0.2) is 0 Å². The van der Waals surface area contributed by atoms with Crippen molar-refractivity contribution in [1.82, 2.24) is 0 Å². The molecule has 0 fully saturated rings. The SMILES string of the molecule is CCOC(Br)C(Br)C(=O)C(F)(F)F. The smallest absolute Gasteiger partial charge is 0.366 e. The first-order chi connectivity index (χ1) is 5.80. The minimum Gasteiger partial charge on any atom is -0.366 e. The third-order valence-electron chi connectivity index (χ3n) is 1.09. The van der Waals surface area contributed by atoms with E-state index in [1.165, 1.54) is 0 Å². The summed E-state index contributed by atoms with van der Waals surface area (Å²) in [6.07, 6.45) is -4.84. The van der Waals surface area contributed by atoms with Crippen molar-refractivity contribution in [1.29, 1.82) is 0 Å². The van der Waals surface area contributed by atoms with Crippen molar-refractivity contribution in [2.75, 3.05) is 6.61 Å². The molecule has 2 atom stereocenters. The molecule has 0 aromatic heterocycles. The first-order valence-corrected chi connectivity index (χ1v) is 5.14. The van der Waals surface area contributed by atoms with Gasteiger partial charge in [-0.2, -0.15) is 13.2 Å². The molecule has 0 aliphatic carbocycles. The van der Waals surface area contributed by atoms with Crippen molar-refractivity contribution >= 4 is 37.6 Å². The number of hydrogen-bond donors (Lipinski definition) is 0. The van der Waals surface area contributed by atoms with E-state index < -0.39 is 21.8 Å². The zero-order valence-corrected chi connectivity index (χ0v) is 9.74. The molecule has 0 spiro atoms. The summed E-state index contributed by atoms with van der Waals surface area (Å²) in [4.78, 5) is 9.19. The van der Waals surface area contributed by atoms with E-state index >= 15 is 0 Å². The Labute approximate surface area is 90.1 Å². The Hall–Kier alpha value is 0.380. The average molecular weight is 328 g/mol. The summed E-state index contributed by atoms with van der Waals surface area (Å²) < 4.78 is 40.3. The van der Waals surface area contributed by atoms with Crippen molar-refractivity contribution in [3.8, 4) is 0 Å². The van der Waals surface area contributed by atoms with Gasteiger partial charge in [0.25, 0.3) is 5.78 Å². The van der Waals surface area contributed by atoms with Crippen LogP contribution in [0.2, 0.25) is 0 Å². The molecule has 0 amide bonds. The summed E-state index contributed by atoms with van der Waals surface area (Å²) in [5.41, 5.74) is 0. The number of Topliss-reactive ketones (excluding diaryl/α,β-unsaturated/α-hetero) is 1. The molecular weight excluding hydrogens is 321 g/mol. The Kier molecular flexibility index (Phi) is 5.46. The topological polar surface area (TPSA) is 26.3 Å². The van der Waals surface area contributed by atoms with E-state index in [0.29, 0.717) is 0 Å². The molecule has 0 radical (unpaired) electrons. The molecule has 0 N–H and O–H groups in total. The number of halogens is 5. The van der Waals surface area contributed by atoms with E-state index in [4.69, 9.17) is 4.74 Å². The van der Waals surface area contributed by atoms with Crippen LogP contribution in [-0.4, -0.2) is 28.4 Å². The maximum atomic E-state index is 11.8. The number of rotatable bonds is 4. The number of carbonyl (C=O) groups excluding carboxylic acids is 1. The lowest BCUT2D eigenvalue weighted by Gasteiger charge is -2.16. The Balaban J connectivity index is 4.26. The predicted molar refractivity (Wildman–Crippen MR) is 48.1 cm³/mol. The van der Waals surface area contributed by atoms with Gasteiger partial charge >= 0.3 is 6.18 Å². The molecule has 0 aliphatic rings. The standard InChI is InChI=1S/C6H7Br2F3O2/c1-2-13-5(8)3(7)4(12)6(9,10)11/h3,5H,2H2,1H3. The molecule has 7 heteroatoms. The van der Waals surface area contributed by atoms with Crippen LogP contribution < -0.4 is 0 Å². The highest BCUT2D eigenvalue weighted by molar-refractivity contribution is 9.12. The molecule has 0 saturated heterocycles. The monoisotopic (exact) mass is 326 g/mol. The van der Waals surface area contributed by atoms with Crippen molar-refractivity contribution in [3.05, 3.63) is 0 Å². The molecule has 13 heavy (non-hydrogen) atoms. The summed E-state index contributed by atoms with van der Waals surface area (Å²) in [5.74, 6) is -1.86. The van der Waals surface area contributed by atoms with Crippen molar-refractivity contribution in [2.24, 2.45) is 0 Å². The van der Waals surface area contributed by atoms with Gasteiger partial charge in [0.1, 0.15) is 9.84 Å². The summed E-state index contributed by atoms with van der Waals surface area (Å²) in [5, 5.41) is -0.966. The van der Waals surface area contributed by atoms with Gasteiger partial charge in [-0.25, -0.2) is 0 Å². The molecule has 0 rings (SSSR count). The Morgan fingerprint density at radius 2 is 1.92 bits per heavy atom. The van der Waals surface area contributed by atoms with Gasteiger partial charge in [-0.05, 0) is 6.92 Å². The van der Waals surface area contributed by atoms with Gasteiger partial charge in [-0.3, -0.25) is 4.79 Å². The van der Waals surface area contributed by atoms with Gasteiger partial charge in [0.2, 0.25) is 0 Å². The lowest BCUT2D eigenvalue weighted by Crippen LogP contribution is -2.36. The zero-order valence-electron chi connectivity index (χ0n) is 6.57. The van der Waals surface area contributed by atoms with Crippen molar-refractivity contribution < 1.29 is 22.7 Å². The van der Waals surface area contributed by atoms with Crippen LogP contribution in [-0.2, 0) is 9.53 Å². The predicted octanol–water partition coefficient (Wildman–Crippen LogP) is 2.64. The number of ether oxygens (including phenoxy) is 1. The van der Waals surface area contributed by atoms with Gasteiger partial charge in [0, 0.05) is 6.61 Å². The lowest BCUT2D eigenvalue weighted by molar-refractivity contribution is -0.171. The highest BCUT2D eigenvalue weighted by Gasteiger charge is 2.44. The fraction of sp³-hybridized carbons (Fsp3) is 0.833. The minimum atomic E-state index is -4.84. The van der Waals surface area contributed by atoms with Crippen LogP contribution in [0.1, 0.15) is 6.92 Å². The second kappa shape index (κ2) is 5.31. The first kappa shape index (κ1) is 13.4. The van der Waals surface area contributed by atoms with Crippen LogP contribution in [0, 0.1) is 0 Å². The summed E-state index contributed by atoms with van der Waals surface area (Å²) in [6, 6.07) is 0. The molecule has 0 aromatic carbocycles. The van der Waals surface area contributed by atoms with Gasteiger partial charge in [-0.1, -0.05) is 31.9 Å². The van der Waals surface area contributed by atoms with Gasteiger partial charge < -0.3 is 4.74 Å². The Morgan fingerprint density at radius 1 is 1.46 bits per heavy atom. The highest BCUT2D eigenvalue weighted by Crippen LogP contribution is 2.26. The van der Waals surface area contributed by atoms with E-state index in [0.717, 1.165) is 0 Å². The molecule has 2 unspecified atom stereocenters. The van der Waals surface area contributed by atoms with E-state index in [2.05, 4.69) is 31.9 Å². The largest absolute Gasteiger partial charge is 0.451 e. The lowest BCUT2D eigenvalue weighted by atomic mass is 10.3. The number of carbonyl (C=O) groups is 1. The normalized spacial score (nSPS) is 16.8. The van der Waals surface area contributed by atoms with Crippen molar-refractivity contribution in [2.45, 2.75) is 22.9 Å². The summed E-state index contributed by atoms with van der Waals surface area (Å²) in [7, 11) is 0. The van der Waals surface area contributed by atoms with Gasteiger partial charge in [0.05, 0.1) is 0 Å². The highest BCUT2D eigenvalue weighted by atomic mass is 79.9. The molecule has 0 bridgehead atoms. The van der Waals surface area contributed by atoms with Crippen LogP contribution in [0.25, 0.3) is 0 Å². The van der Waals surface area contributed by atoms with Crippen molar-refractivity contribution in [3.63, 3.8) is 0 Å². The number of alkyl halides is 5. The molecular formula is C6H7Br2F3O2. The van der Waals surface area contributed by atoms with Crippen LogP contribution in [0.5, 0.6) is 0 Å². The maximum Gasteiger partial charge on any atom is 0.451 e. The van der Waals surface area contributed by atoms with Crippen LogP contribution in [0.4, 0.5) is 13.2 Å². The van der Waals surface area contributed by atoms with Crippen LogP contribution in [0.15, 0.2) is 0 Å². The second-order valence-electron chi connectivity index (χ2n) is 2.07. The Bertz CT molecular complexity index is 183. The number of hydrogen-bond acceptors (Lipinski definition) is 2. The minimum absolute atomic E-state index is 0.225. The third kappa shape index (κ3) is 4.42. The fourth-order valence-corrected chi connectivity index (χ4v) is 1.44. The second-order valence-corrected chi connectivity index (χ2v) is 3.96. The summed E-state index contributed by atoms with van der Waals surface area (Å²) >= 11 is 5.41. The summed E-state index contributed by atoms with van der Waals surface area (Å²) in [6.45, 7) is 1.84. The first-order valence-electron chi connectivity index (χ1n) is 3.31. The number of ketones is 1. The quantitative estimate of drug-likeness (QED) is 0.742. The molecule has 0 saturated carbocycles. The molecule has 2 nitrogen and oxygen atoms in total. The van der Waals surface area contributed by atoms with E-state index in [9.17, 15) is 18.0 Å². The zero-order chi connectivity index (χ0) is 10.6. The average Bonchev–Trinajstić information content (AvgIpc) is 2.00. The van der Waals surface area contributed by atoms with Crippen LogP contribution in [0.3, 0.4) is 0 Å². The molecule has 0 aliphatic heterocycles. The maximum absolute atomic E-state index is 11.8. The van der Waals surface area contributed by atoms with Crippen LogP contribution >= 0.6 is 31.9 Å². The molecule has 0 heterocycles. The fourth-order valence-electron chi connectivity index (χ4n) is 0.519. The third-order valence-corrected chi connectivity index (χ3v) is 3.48. The van der Waals surface area contributed by atoms with Gasteiger partial charge in [-0.15, -0.1) is 0 Å². The molecule has 0 aromatic rings. The molecule has 78 valence electrons. The van der Waals surface area contributed by atoms with E-state index in [1.54, 1.807) is 6.92 Å². The Morgan fingerprint density at radius 3 is 2.23 bits per heavy atom. The van der Waals surface area contributed by atoms with E-state index in [1.807, 2.05) is 0 Å². The van der Waals surface area contributed by atoms with E-state index in [-0.39, 0.29) is 6.61 Å².